The van der Waals surface area contributed by atoms with Crippen molar-refractivity contribution in [1.29, 1.82) is 0 Å². The number of aromatic nitrogens is 2. The number of rotatable bonds is 2. The molecule has 0 atom stereocenters. The molecule has 3 heteroatoms. The molecular formula is C23H15BrN2. The molecule has 124 valence electrons. The van der Waals surface area contributed by atoms with E-state index in [9.17, 15) is 0 Å². The van der Waals surface area contributed by atoms with E-state index < -0.39 is 0 Å². The summed E-state index contributed by atoms with van der Waals surface area (Å²) in [5.74, 6) is 0. The number of halogens is 1. The standard InChI is InChI=1S/C23H15BrN2/c24-23-25-21-15-12-18-8-4-5-9-20(18)22(21)26(23)19-13-10-17(11-14-19)16-6-2-1-3-7-16/h1-15H. The SMILES string of the molecule is Brc1nc2ccc3ccccc3c2n1-c1ccc(-c2ccccc2)cc1. The van der Waals surface area contributed by atoms with Crippen molar-refractivity contribution in [2.24, 2.45) is 0 Å². The molecule has 0 fully saturated rings. The molecule has 0 radical (unpaired) electrons. The summed E-state index contributed by atoms with van der Waals surface area (Å²) in [4.78, 5) is 4.70. The summed E-state index contributed by atoms with van der Waals surface area (Å²) < 4.78 is 2.99. The van der Waals surface area contributed by atoms with E-state index >= 15 is 0 Å². The molecule has 0 aliphatic rings. The van der Waals surface area contributed by atoms with Crippen LogP contribution < -0.4 is 0 Å². The van der Waals surface area contributed by atoms with Crippen LogP contribution in [0.15, 0.2) is 95.7 Å². The average molecular weight is 399 g/mol. The lowest BCUT2D eigenvalue weighted by atomic mass is 10.1. The first kappa shape index (κ1) is 15.4. The molecule has 0 amide bonds. The van der Waals surface area contributed by atoms with Gasteiger partial charge < -0.3 is 0 Å². The van der Waals surface area contributed by atoms with E-state index in [1.54, 1.807) is 0 Å². The van der Waals surface area contributed by atoms with Crippen LogP contribution in [-0.2, 0) is 0 Å². The predicted molar refractivity (Wildman–Crippen MR) is 112 cm³/mol. The van der Waals surface area contributed by atoms with E-state index in [4.69, 9.17) is 4.98 Å². The van der Waals surface area contributed by atoms with Gasteiger partial charge in [0.1, 0.15) is 0 Å². The molecule has 26 heavy (non-hydrogen) atoms. The highest BCUT2D eigenvalue weighted by Gasteiger charge is 2.13. The van der Waals surface area contributed by atoms with Gasteiger partial charge in [-0.1, -0.05) is 72.8 Å². The van der Waals surface area contributed by atoms with Crippen molar-refractivity contribution >= 4 is 37.7 Å². The molecule has 0 spiro atoms. The van der Waals surface area contributed by atoms with E-state index in [2.05, 4.69) is 105 Å². The smallest absolute Gasteiger partial charge is 0.182 e. The van der Waals surface area contributed by atoms with Crippen LogP contribution >= 0.6 is 15.9 Å². The van der Waals surface area contributed by atoms with E-state index in [1.807, 2.05) is 6.07 Å². The summed E-state index contributed by atoms with van der Waals surface area (Å²) in [6.07, 6.45) is 0. The lowest BCUT2D eigenvalue weighted by molar-refractivity contribution is 1.05. The highest BCUT2D eigenvalue weighted by Crippen LogP contribution is 2.31. The molecule has 5 rings (SSSR count). The summed E-state index contributed by atoms with van der Waals surface area (Å²) >= 11 is 3.65. The third kappa shape index (κ3) is 2.44. The maximum Gasteiger partial charge on any atom is 0.182 e. The van der Waals surface area contributed by atoms with Crippen LogP contribution in [-0.4, -0.2) is 9.55 Å². The van der Waals surface area contributed by atoms with E-state index in [0.717, 1.165) is 21.5 Å². The van der Waals surface area contributed by atoms with Crippen molar-refractivity contribution in [1.82, 2.24) is 9.55 Å². The Hall–Kier alpha value is -2.91. The Morgan fingerprint density at radius 1 is 0.654 bits per heavy atom. The Balaban J connectivity index is 1.72. The van der Waals surface area contributed by atoms with Crippen LogP contribution in [0.5, 0.6) is 0 Å². The zero-order valence-corrected chi connectivity index (χ0v) is 15.5. The fourth-order valence-corrected chi connectivity index (χ4v) is 4.05. The van der Waals surface area contributed by atoms with Crippen LogP contribution in [0.1, 0.15) is 0 Å². The quantitative estimate of drug-likeness (QED) is 0.327. The first-order chi connectivity index (χ1) is 12.8. The topological polar surface area (TPSA) is 17.8 Å². The molecule has 0 bridgehead atoms. The second-order valence-electron chi connectivity index (χ2n) is 6.28. The zero-order chi connectivity index (χ0) is 17.5. The summed E-state index contributed by atoms with van der Waals surface area (Å²) in [5.41, 5.74) is 5.64. The fourth-order valence-electron chi connectivity index (χ4n) is 3.48. The third-order valence-corrected chi connectivity index (χ3v) is 5.26. The minimum Gasteiger partial charge on any atom is -0.286 e. The molecule has 0 aliphatic carbocycles. The van der Waals surface area contributed by atoms with Crippen molar-refractivity contribution in [2.75, 3.05) is 0 Å². The molecule has 5 aromatic rings. The van der Waals surface area contributed by atoms with Crippen molar-refractivity contribution in [2.45, 2.75) is 0 Å². The van der Waals surface area contributed by atoms with Crippen LogP contribution in [0.2, 0.25) is 0 Å². The zero-order valence-electron chi connectivity index (χ0n) is 13.9. The first-order valence-electron chi connectivity index (χ1n) is 8.53. The van der Waals surface area contributed by atoms with Crippen molar-refractivity contribution in [3.8, 4) is 16.8 Å². The number of benzene rings is 4. The molecule has 0 saturated carbocycles. The third-order valence-electron chi connectivity index (χ3n) is 4.73. The van der Waals surface area contributed by atoms with Crippen LogP contribution in [0.4, 0.5) is 0 Å². The Bertz CT molecular complexity index is 1220. The monoisotopic (exact) mass is 398 g/mol. The molecule has 0 N–H and O–H groups in total. The Labute approximate surface area is 159 Å². The molecule has 4 aromatic carbocycles. The lowest BCUT2D eigenvalue weighted by Crippen LogP contribution is -1.95. The Kier molecular flexibility index (Phi) is 3.61. The molecule has 0 aliphatic heterocycles. The fraction of sp³-hybridized carbons (Fsp3) is 0. The van der Waals surface area contributed by atoms with Gasteiger partial charge in [-0.25, -0.2) is 4.98 Å². The van der Waals surface area contributed by atoms with Crippen LogP contribution in [0, 0.1) is 0 Å². The van der Waals surface area contributed by atoms with Crippen LogP contribution in [0.25, 0.3) is 38.6 Å². The molecule has 1 aromatic heterocycles. The van der Waals surface area contributed by atoms with Gasteiger partial charge in [-0.05, 0) is 50.6 Å². The summed E-state index contributed by atoms with van der Waals surface area (Å²) in [6, 6.07) is 31.7. The van der Waals surface area contributed by atoms with Gasteiger partial charge in [-0.3, -0.25) is 4.57 Å². The normalized spacial score (nSPS) is 11.3. The lowest BCUT2D eigenvalue weighted by Gasteiger charge is -2.09. The van der Waals surface area contributed by atoms with Gasteiger partial charge >= 0.3 is 0 Å². The molecule has 0 unspecified atom stereocenters. The number of fused-ring (bicyclic) bond motifs is 3. The predicted octanol–water partition coefficient (Wildman–Crippen LogP) is 6.61. The number of hydrogen-bond acceptors (Lipinski definition) is 1. The molecule has 1 heterocycles. The van der Waals surface area contributed by atoms with Gasteiger partial charge in [0.2, 0.25) is 0 Å². The van der Waals surface area contributed by atoms with Gasteiger partial charge in [0.05, 0.1) is 11.0 Å². The van der Waals surface area contributed by atoms with Crippen molar-refractivity contribution in [3.63, 3.8) is 0 Å². The van der Waals surface area contributed by atoms with E-state index in [1.165, 1.54) is 21.9 Å². The Morgan fingerprint density at radius 3 is 2.15 bits per heavy atom. The minimum atomic E-state index is 0.816. The Morgan fingerprint density at radius 2 is 1.35 bits per heavy atom. The first-order valence-corrected chi connectivity index (χ1v) is 9.32. The summed E-state index contributed by atoms with van der Waals surface area (Å²) in [5, 5.41) is 2.42. The van der Waals surface area contributed by atoms with E-state index in [-0.39, 0.29) is 0 Å². The number of hydrogen-bond donors (Lipinski definition) is 0. The maximum atomic E-state index is 4.70. The van der Waals surface area contributed by atoms with Gasteiger partial charge in [-0.2, -0.15) is 0 Å². The largest absolute Gasteiger partial charge is 0.286 e. The van der Waals surface area contributed by atoms with Crippen molar-refractivity contribution in [3.05, 3.63) is 95.7 Å². The van der Waals surface area contributed by atoms with Gasteiger partial charge in [0.25, 0.3) is 0 Å². The number of imidazole rings is 1. The van der Waals surface area contributed by atoms with Gasteiger partial charge in [-0.15, -0.1) is 0 Å². The van der Waals surface area contributed by atoms with E-state index in [0.29, 0.717) is 0 Å². The van der Waals surface area contributed by atoms with Crippen LogP contribution in [0.3, 0.4) is 0 Å². The summed E-state index contributed by atoms with van der Waals surface area (Å²) in [7, 11) is 0. The highest BCUT2D eigenvalue weighted by atomic mass is 79.9. The molecule has 0 saturated heterocycles. The van der Waals surface area contributed by atoms with Gasteiger partial charge in [0.15, 0.2) is 4.73 Å². The average Bonchev–Trinajstić information content (AvgIpc) is 3.05. The molecular weight excluding hydrogens is 384 g/mol. The molecule has 2 nitrogen and oxygen atoms in total. The number of nitrogens with zero attached hydrogens (tertiary/aromatic N) is 2. The maximum absolute atomic E-state index is 4.70. The highest BCUT2D eigenvalue weighted by molar-refractivity contribution is 9.10. The summed E-state index contributed by atoms with van der Waals surface area (Å²) in [6.45, 7) is 0. The van der Waals surface area contributed by atoms with Gasteiger partial charge in [0, 0.05) is 11.1 Å². The second-order valence-corrected chi connectivity index (χ2v) is 6.99. The van der Waals surface area contributed by atoms with Crippen molar-refractivity contribution < 1.29 is 0 Å². The second kappa shape index (κ2) is 6.11. The minimum absolute atomic E-state index is 0.816.